The van der Waals surface area contributed by atoms with Gasteiger partial charge in [-0.1, -0.05) is 48.2 Å². The van der Waals surface area contributed by atoms with Crippen LogP contribution in [0.1, 0.15) is 6.92 Å². The van der Waals surface area contributed by atoms with E-state index >= 15 is 0 Å². The first-order valence-corrected chi connectivity index (χ1v) is 10.4. The summed E-state index contributed by atoms with van der Waals surface area (Å²) in [5.41, 5.74) is 1.97. The van der Waals surface area contributed by atoms with Crippen molar-refractivity contribution in [2.24, 2.45) is 0 Å². The second-order valence-electron chi connectivity index (χ2n) is 5.27. The molecule has 26 heavy (non-hydrogen) atoms. The van der Waals surface area contributed by atoms with Crippen LogP contribution in [0, 0.1) is 0 Å². The molecule has 0 bridgehead atoms. The maximum atomic E-state index is 11.7. The molecule has 0 spiro atoms. The molecule has 3 rings (SSSR count). The van der Waals surface area contributed by atoms with Gasteiger partial charge in [-0.15, -0.1) is 22.0 Å². The highest BCUT2D eigenvalue weighted by atomic mass is 32.2. The lowest BCUT2D eigenvalue weighted by molar-refractivity contribution is -0.139. The van der Waals surface area contributed by atoms with Gasteiger partial charge >= 0.3 is 5.97 Å². The molecule has 0 aliphatic carbocycles. The Balaban J connectivity index is 2.04. The predicted octanol–water partition coefficient (Wildman–Crippen LogP) is 4.31. The van der Waals surface area contributed by atoms with Gasteiger partial charge < -0.3 is 4.74 Å². The summed E-state index contributed by atoms with van der Waals surface area (Å²) >= 11 is 2.99. The molecule has 2 aromatic carbocycles. The van der Waals surface area contributed by atoms with Crippen LogP contribution in [0.3, 0.4) is 0 Å². The van der Waals surface area contributed by atoms with Crippen molar-refractivity contribution in [1.29, 1.82) is 0 Å². The molecule has 0 atom stereocenters. The first kappa shape index (κ1) is 18.5. The molecular weight excluding hydrogens is 366 g/mol. The van der Waals surface area contributed by atoms with E-state index < -0.39 is 0 Å². The quantitative estimate of drug-likeness (QED) is 0.446. The van der Waals surface area contributed by atoms with Gasteiger partial charge in [-0.3, -0.25) is 9.36 Å². The van der Waals surface area contributed by atoms with Gasteiger partial charge in [0, 0.05) is 16.1 Å². The number of hydrogen-bond donors (Lipinski definition) is 0. The molecule has 0 saturated carbocycles. The molecule has 0 fully saturated rings. The molecule has 1 aromatic heterocycles. The lowest BCUT2D eigenvalue weighted by atomic mass is 10.2. The van der Waals surface area contributed by atoms with Crippen LogP contribution in [0.15, 0.2) is 64.6 Å². The Morgan fingerprint density at radius 3 is 2.54 bits per heavy atom. The molecule has 1 heterocycles. The molecule has 0 amide bonds. The molecule has 5 nitrogen and oxygen atoms in total. The third-order valence-corrected chi connectivity index (χ3v) is 5.32. The van der Waals surface area contributed by atoms with Crippen LogP contribution in [0.4, 0.5) is 0 Å². The van der Waals surface area contributed by atoms with E-state index in [-0.39, 0.29) is 11.7 Å². The summed E-state index contributed by atoms with van der Waals surface area (Å²) in [5, 5.41) is 9.42. The number of rotatable bonds is 7. The Kier molecular flexibility index (Phi) is 6.35. The van der Waals surface area contributed by atoms with Crippen molar-refractivity contribution in [1.82, 2.24) is 14.8 Å². The molecule has 0 radical (unpaired) electrons. The summed E-state index contributed by atoms with van der Waals surface area (Å²) in [7, 11) is 0. The van der Waals surface area contributed by atoms with Gasteiger partial charge in [0.15, 0.2) is 11.0 Å². The van der Waals surface area contributed by atoms with Crippen molar-refractivity contribution >= 4 is 29.5 Å². The van der Waals surface area contributed by atoms with Gasteiger partial charge in [0.1, 0.15) is 0 Å². The van der Waals surface area contributed by atoms with Crippen LogP contribution in [0.5, 0.6) is 0 Å². The van der Waals surface area contributed by atoms with Crippen LogP contribution in [-0.4, -0.2) is 39.3 Å². The maximum Gasteiger partial charge on any atom is 0.316 e. The zero-order chi connectivity index (χ0) is 18.4. The molecule has 0 N–H and O–H groups in total. The molecule has 0 aliphatic heterocycles. The molecule has 0 saturated heterocycles. The molecule has 3 aromatic rings. The SMILES string of the molecule is CCOC(=O)CSc1nnc(-c2ccccc2SC)n1-c1ccccc1. The van der Waals surface area contributed by atoms with Crippen molar-refractivity contribution in [2.75, 3.05) is 18.6 Å². The lowest BCUT2D eigenvalue weighted by Gasteiger charge is -2.12. The summed E-state index contributed by atoms with van der Waals surface area (Å²) in [4.78, 5) is 12.9. The van der Waals surface area contributed by atoms with E-state index in [4.69, 9.17) is 4.74 Å². The number of thioether (sulfide) groups is 2. The Labute approximate surface area is 161 Å². The van der Waals surface area contributed by atoms with Gasteiger partial charge in [-0.25, -0.2) is 0 Å². The number of hydrogen-bond acceptors (Lipinski definition) is 6. The van der Waals surface area contributed by atoms with Gasteiger partial charge in [-0.05, 0) is 31.4 Å². The number of ether oxygens (including phenoxy) is 1. The summed E-state index contributed by atoms with van der Waals surface area (Å²) in [6.07, 6.45) is 2.04. The van der Waals surface area contributed by atoms with Crippen LogP contribution in [-0.2, 0) is 9.53 Å². The normalized spacial score (nSPS) is 10.7. The predicted molar refractivity (Wildman–Crippen MR) is 106 cm³/mol. The van der Waals surface area contributed by atoms with E-state index in [0.717, 1.165) is 22.0 Å². The highest BCUT2D eigenvalue weighted by Crippen LogP contribution is 2.33. The smallest absolute Gasteiger partial charge is 0.316 e. The van der Waals surface area contributed by atoms with E-state index in [1.807, 2.05) is 59.4 Å². The minimum atomic E-state index is -0.258. The fourth-order valence-electron chi connectivity index (χ4n) is 2.50. The number of aromatic nitrogens is 3. The van der Waals surface area contributed by atoms with E-state index in [0.29, 0.717) is 11.8 Å². The fraction of sp³-hybridized carbons (Fsp3) is 0.211. The fourth-order valence-corrected chi connectivity index (χ4v) is 3.85. The second kappa shape index (κ2) is 8.91. The third kappa shape index (κ3) is 4.11. The highest BCUT2D eigenvalue weighted by molar-refractivity contribution is 7.99. The number of carbonyl (C=O) groups is 1. The van der Waals surface area contributed by atoms with Crippen molar-refractivity contribution in [3.8, 4) is 17.1 Å². The summed E-state index contributed by atoms with van der Waals surface area (Å²) in [6, 6.07) is 18.0. The van der Waals surface area contributed by atoms with Crippen molar-refractivity contribution in [3.05, 3.63) is 54.6 Å². The molecule has 0 unspecified atom stereocenters. The van der Waals surface area contributed by atoms with Crippen LogP contribution in [0.25, 0.3) is 17.1 Å². The van der Waals surface area contributed by atoms with Crippen LogP contribution in [0.2, 0.25) is 0 Å². The van der Waals surface area contributed by atoms with Crippen LogP contribution >= 0.6 is 23.5 Å². The summed E-state index contributed by atoms with van der Waals surface area (Å²) in [5.74, 6) is 0.696. The van der Waals surface area contributed by atoms with Gasteiger partial charge in [0.2, 0.25) is 0 Å². The average Bonchev–Trinajstić information content (AvgIpc) is 3.11. The monoisotopic (exact) mass is 385 g/mol. The van der Waals surface area contributed by atoms with Crippen molar-refractivity contribution in [2.45, 2.75) is 17.0 Å². The lowest BCUT2D eigenvalue weighted by Crippen LogP contribution is -2.08. The number of para-hydroxylation sites is 1. The number of esters is 1. The molecular formula is C19H19N3O2S2. The Morgan fingerprint density at radius 2 is 1.81 bits per heavy atom. The maximum absolute atomic E-state index is 11.7. The highest BCUT2D eigenvalue weighted by Gasteiger charge is 2.19. The van der Waals surface area contributed by atoms with Crippen LogP contribution < -0.4 is 0 Å². The zero-order valence-corrected chi connectivity index (χ0v) is 16.2. The standard InChI is InChI=1S/C19H19N3O2S2/c1-3-24-17(23)13-26-19-21-20-18(15-11-7-8-12-16(15)25-2)22(19)14-9-5-4-6-10-14/h4-12H,3,13H2,1-2H3. The second-order valence-corrected chi connectivity index (χ2v) is 7.06. The topological polar surface area (TPSA) is 57.0 Å². The van der Waals surface area contributed by atoms with Crippen molar-refractivity contribution < 1.29 is 9.53 Å². The van der Waals surface area contributed by atoms with Gasteiger partial charge in [-0.2, -0.15) is 0 Å². The number of benzene rings is 2. The Hall–Kier alpha value is -2.25. The molecule has 7 heteroatoms. The first-order valence-electron chi connectivity index (χ1n) is 8.17. The molecule has 0 aliphatic rings. The average molecular weight is 386 g/mol. The number of nitrogens with zero attached hydrogens (tertiary/aromatic N) is 3. The Bertz CT molecular complexity index is 882. The molecule has 134 valence electrons. The summed E-state index contributed by atoms with van der Waals surface area (Å²) < 4.78 is 7.00. The van der Waals surface area contributed by atoms with E-state index in [2.05, 4.69) is 16.3 Å². The van der Waals surface area contributed by atoms with Gasteiger partial charge in [0.25, 0.3) is 0 Å². The van der Waals surface area contributed by atoms with Gasteiger partial charge in [0.05, 0.1) is 12.4 Å². The minimum absolute atomic E-state index is 0.197. The minimum Gasteiger partial charge on any atom is -0.465 e. The largest absolute Gasteiger partial charge is 0.465 e. The zero-order valence-electron chi connectivity index (χ0n) is 14.6. The third-order valence-electron chi connectivity index (χ3n) is 3.62. The number of carbonyl (C=O) groups excluding carboxylic acids is 1. The van der Waals surface area contributed by atoms with E-state index in [9.17, 15) is 4.79 Å². The first-order chi connectivity index (χ1) is 12.7. The van der Waals surface area contributed by atoms with E-state index in [1.165, 1.54) is 11.8 Å². The summed E-state index contributed by atoms with van der Waals surface area (Å²) in [6.45, 7) is 2.17. The Morgan fingerprint density at radius 1 is 1.08 bits per heavy atom. The van der Waals surface area contributed by atoms with Crippen molar-refractivity contribution in [3.63, 3.8) is 0 Å². The van der Waals surface area contributed by atoms with E-state index in [1.54, 1.807) is 18.7 Å².